The Hall–Kier alpha value is -0.830. The smallest absolute Gasteiger partial charge is 0.303 e. The molecule has 0 amide bonds. The van der Waals surface area contributed by atoms with E-state index in [0.717, 1.165) is 38.7 Å². The predicted octanol–water partition coefficient (Wildman–Crippen LogP) is 4.26. The average molecular weight is 282 g/mol. The van der Waals surface area contributed by atoms with Crippen LogP contribution in [-0.4, -0.2) is 24.3 Å². The van der Waals surface area contributed by atoms with Crippen molar-refractivity contribution in [3.05, 3.63) is 11.6 Å². The Kier molecular flexibility index (Phi) is 6.74. The molecule has 1 aliphatic heterocycles. The van der Waals surface area contributed by atoms with Crippen LogP contribution in [0.2, 0.25) is 0 Å². The molecule has 0 radical (unpaired) electrons. The van der Waals surface area contributed by atoms with Crippen LogP contribution in [0.4, 0.5) is 0 Å². The molecule has 3 nitrogen and oxygen atoms in total. The van der Waals surface area contributed by atoms with Crippen LogP contribution < -0.4 is 0 Å². The summed E-state index contributed by atoms with van der Waals surface area (Å²) in [6.07, 6.45) is 7.22. The summed E-state index contributed by atoms with van der Waals surface area (Å²) in [7, 11) is 0. The number of carbonyl (C=O) groups is 1. The Morgan fingerprint density at radius 2 is 2.10 bits per heavy atom. The topological polar surface area (TPSA) is 35.5 Å². The van der Waals surface area contributed by atoms with Gasteiger partial charge in [0.05, 0.1) is 6.10 Å². The minimum Gasteiger partial charge on any atom is -0.459 e. The first kappa shape index (κ1) is 17.2. The molecule has 20 heavy (non-hydrogen) atoms. The Morgan fingerprint density at radius 3 is 2.65 bits per heavy atom. The third-order valence-corrected chi connectivity index (χ3v) is 3.90. The van der Waals surface area contributed by atoms with Crippen LogP contribution >= 0.6 is 0 Å². The third-order valence-electron chi connectivity index (χ3n) is 3.90. The minimum atomic E-state index is -0.417. The highest BCUT2D eigenvalue weighted by molar-refractivity contribution is 5.66. The molecular weight excluding hydrogens is 252 g/mol. The summed E-state index contributed by atoms with van der Waals surface area (Å²) < 4.78 is 11.5. The Balaban J connectivity index is 2.61. The van der Waals surface area contributed by atoms with Gasteiger partial charge in [0.25, 0.3) is 0 Å². The summed E-state index contributed by atoms with van der Waals surface area (Å²) in [6, 6.07) is 0. The lowest BCUT2D eigenvalue weighted by Crippen LogP contribution is -2.38. The van der Waals surface area contributed by atoms with Crippen molar-refractivity contribution in [2.75, 3.05) is 6.61 Å². The van der Waals surface area contributed by atoms with E-state index < -0.39 is 5.60 Å². The van der Waals surface area contributed by atoms with Gasteiger partial charge in [0.1, 0.15) is 5.60 Å². The first-order valence-electron chi connectivity index (χ1n) is 7.75. The van der Waals surface area contributed by atoms with Crippen molar-refractivity contribution in [3.8, 4) is 0 Å². The second-order valence-electron chi connectivity index (χ2n) is 6.69. The van der Waals surface area contributed by atoms with E-state index in [1.54, 1.807) is 0 Å². The largest absolute Gasteiger partial charge is 0.459 e. The van der Waals surface area contributed by atoms with Gasteiger partial charge in [0.2, 0.25) is 0 Å². The molecule has 0 bridgehead atoms. The van der Waals surface area contributed by atoms with E-state index in [2.05, 4.69) is 26.8 Å². The lowest BCUT2D eigenvalue weighted by atomic mass is 9.87. The number of hydrogen-bond donors (Lipinski definition) is 0. The van der Waals surface area contributed by atoms with Crippen LogP contribution in [0, 0.1) is 5.92 Å². The molecule has 0 N–H and O–H groups in total. The van der Waals surface area contributed by atoms with Crippen LogP contribution in [0.5, 0.6) is 0 Å². The zero-order valence-electron chi connectivity index (χ0n) is 13.7. The van der Waals surface area contributed by atoms with Gasteiger partial charge in [0, 0.05) is 20.0 Å². The first-order valence-corrected chi connectivity index (χ1v) is 7.75. The lowest BCUT2D eigenvalue weighted by molar-refractivity contribution is -0.161. The molecule has 1 rings (SSSR count). The van der Waals surface area contributed by atoms with Gasteiger partial charge in [-0.15, -0.1) is 0 Å². The molecule has 1 unspecified atom stereocenters. The van der Waals surface area contributed by atoms with E-state index in [4.69, 9.17) is 9.47 Å². The van der Waals surface area contributed by atoms with Gasteiger partial charge in [-0.05, 0) is 52.4 Å². The van der Waals surface area contributed by atoms with Crippen LogP contribution in [-0.2, 0) is 14.3 Å². The maximum Gasteiger partial charge on any atom is 0.303 e. The van der Waals surface area contributed by atoms with Crippen LogP contribution in [0.1, 0.15) is 66.7 Å². The predicted molar refractivity (Wildman–Crippen MR) is 81.6 cm³/mol. The number of carbonyl (C=O) groups excluding carboxylic acids is 1. The van der Waals surface area contributed by atoms with Gasteiger partial charge in [-0.3, -0.25) is 4.79 Å². The highest BCUT2D eigenvalue weighted by Crippen LogP contribution is 2.31. The van der Waals surface area contributed by atoms with Crippen molar-refractivity contribution in [2.45, 2.75) is 78.4 Å². The van der Waals surface area contributed by atoms with Crippen molar-refractivity contribution in [1.82, 2.24) is 0 Å². The number of ether oxygens (including phenoxy) is 2. The van der Waals surface area contributed by atoms with Crippen LogP contribution in [0.25, 0.3) is 0 Å². The van der Waals surface area contributed by atoms with Crippen molar-refractivity contribution >= 4 is 5.97 Å². The fourth-order valence-corrected chi connectivity index (χ4v) is 2.90. The monoisotopic (exact) mass is 282 g/mol. The van der Waals surface area contributed by atoms with Gasteiger partial charge in [-0.2, -0.15) is 0 Å². The van der Waals surface area contributed by atoms with E-state index in [0.29, 0.717) is 5.92 Å². The SMILES string of the molecule is CC(=O)OC(C)(CCC=C(C)C)C[C@@H]1C[C@H](C)CCO1. The van der Waals surface area contributed by atoms with Crippen molar-refractivity contribution in [1.29, 1.82) is 0 Å². The molecule has 116 valence electrons. The van der Waals surface area contributed by atoms with Gasteiger partial charge in [-0.1, -0.05) is 18.6 Å². The molecule has 0 aliphatic carbocycles. The summed E-state index contributed by atoms with van der Waals surface area (Å²) >= 11 is 0. The quantitative estimate of drug-likeness (QED) is 0.539. The van der Waals surface area contributed by atoms with E-state index in [9.17, 15) is 4.79 Å². The summed E-state index contributed by atoms with van der Waals surface area (Å²) in [6.45, 7) is 10.8. The molecular formula is C17H30O3. The fraction of sp³-hybridized carbons (Fsp3) is 0.824. The maximum atomic E-state index is 11.4. The lowest BCUT2D eigenvalue weighted by Gasteiger charge is -2.35. The van der Waals surface area contributed by atoms with E-state index in [1.807, 2.05) is 6.92 Å². The van der Waals surface area contributed by atoms with Crippen molar-refractivity contribution in [3.63, 3.8) is 0 Å². The average Bonchev–Trinajstić information content (AvgIpc) is 2.26. The molecule has 3 heteroatoms. The van der Waals surface area contributed by atoms with E-state index in [1.165, 1.54) is 12.5 Å². The second kappa shape index (κ2) is 7.82. The van der Waals surface area contributed by atoms with Gasteiger partial charge >= 0.3 is 5.97 Å². The fourth-order valence-electron chi connectivity index (χ4n) is 2.90. The Bertz CT molecular complexity index is 344. The van der Waals surface area contributed by atoms with Crippen molar-refractivity contribution in [2.24, 2.45) is 5.92 Å². The maximum absolute atomic E-state index is 11.4. The molecule has 1 fully saturated rings. The highest BCUT2D eigenvalue weighted by Gasteiger charge is 2.33. The number of hydrogen-bond acceptors (Lipinski definition) is 3. The second-order valence-corrected chi connectivity index (χ2v) is 6.69. The zero-order valence-corrected chi connectivity index (χ0v) is 13.7. The highest BCUT2D eigenvalue weighted by atomic mass is 16.6. The summed E-state index contributed by atoms with van der Waals surface area (Å²) in [5.74, 6) is 0.502. The molecule has 0 saturated carbocycles. The molecule has 0 aromatic heterocycles. The van der Waals surface area contributed by atoms with E-state index >= 15 is 0 Å². The minimum absolute atomic E-state index is 0.200. The molecule has 3 atom stereocenters. The molecule has 0 aromatic rings. The number of esters is 1. The number of allylic oxidation sites excluding steroid dienone is 2. The summed E-state index contributed by atoms with van der Waals surface area (Å²) in [5.41, 5.74) is 0.886. The van der Waals surface area contributed by atoms with Crippen molar-refractivity contribution < 1.29 is 14.3 Å². The normalized spacial score (nSPS) is 25.6. The Morgan fingerprint density at radius 1 is 1.40 bits per heavy atom. The molecule has 0 aromatic carbocycles. The molecule has 1 saturated heterocycles. The number of rotatable bonds is 6. The van der Waals surface area contributed by atoms with E-state index in [-0.39, 0.29) is 12.1 Å². The summed E-state index contributed by atoms with van der Waals surface area (Å²) in [4.78, 5) is 11.4. The van der Waals surface area contributed by atoms with Crippen LogP contribution in [0.15, 0.2) is 11.6 Å². The molecule has 1 aliphatic rings. The van der Waals surface area contributed by atoms with Gasteiger partial charge < -0.3 is 9.47 Å². The molecule has 1 heterocycles. The first-order chi connectivity index (χ1) is 9.31. The Labute approximate surface area is 123 Å². The standard InChI is InChI=1S/C17H30O3/c1-13(2)7-6-9-17(5,20-15(4)18)12-16-11-14(3)8-10-19-16/h7,14,16H,6,8-12H2,1-5H3/t14-,16+,17?/m1/s1. The molecule has 0 spiro atoms. The summed E-state index contributed by atoms with van der Waals surface area (Å²) in [5, 5.41) is 0. The zero-order chi connectivity index (χ0) is 15.2. The third kappa shape index (κ3) is 6.56. The van der Waals surface area contributed by atoms with Gasteiger partial charge in [0.15, 0.2) is 0 Å². The van der Waals surface area contributed by atoms with Gasteiger partial charge in [-0.25, -0.2) is 0 Å². The van der Waals surface area contributed by atoms with Crippen LogP contribution in [0.3, 0.4) is 0 Å².